The van der Waals surface area contributed by atoms with Crippen LogP contribution in [0, 0.1) is 18.2 Å². The number of Topliss-reactive ketones (excluding diaryl/α,β-unsaturated/α-hetero) is 1. The van der Waals surface area contributed by atoms with Crippen LogP contribution < -0.4 is 5.73 Å². The van der Waals surface area contributed by atoms with Crippen molar-refractivity contribution in [3.05, 3.63) is 29.6 Å². The average Bonchev–Trinajstić information content (AvgIpc) is 2.09. The molecule has 0 heterocycles. The molecular formula is C10H8FNO. The minimum atomic E-state index is -0.491. The summed E-state index contributed by atoms with van der Waals surface area (Å²) in [4.78, 5) is 11.2. The van der Waals surface area contributed by atoms with Crippen molar-refractivity contribution in [1.29, 1.82) is 0 Å². The maximum absolute atomic E-state index is 12.7. The van der Waals surface area contributed by atoms with Gasteiger partial charge in [0.25, 0.3) is 0 Å². The standard InChI is InChI=1S/C10H8FNO/c1-2-3-10(13)8-6-7(11)4-5-9(8)12/h1,4-6H,3,12H2. The summed E-state index contributed by atoms with van der Waals surface area (Å²) >= 11 is 0. The molecule has 0 amide bonds. The van der Waals surface area contributed by atoms with Crippen LogP contribution in [0.5, 0.6) is 0 Å². The van der Waals surface area contributed by atoms with Gasteiger partial charge >= 0.3 is 0 Å². The Bertz CT molecular complexity index is 379. The summed E-state index contributed by atoms with van der Waals surface area (Å²) in [6.45, 7) is 0. The zero-order chi connectivity index (χ0) is 9.84. The molecule has 0 aromatic heterocycles. The van der Waals surface area contributed by atoms with Gasteiger partial charge in [-0.15, -0.1) is 6.42 Å². The molecular weight excluding hydrogens is 169 g/mol. The third-order valence-electron chi connectivity index (χ3n) is 1.58. The molecule has 0 spiro atoms. The van der Waals surface area contributed by atoms with Crippen LogP contribution in [0.25, 0.3) is 0 Å². The Morgan fingerprint density at radius 3 is 2.92 bits per heavy atom. The normalized spacial score (nSPS) is 9.23. The maximum atomic E-state index is 12.7. The van der Waals surface area contributed by atoms with Crippen LogP contribution >= 0.6 is 0 Å². The largest absolute Gasteiger partial charge is 0.398 e. The minimum absolute atomic E-state index is 0.0619. The van der Waals surface area contributed by atoms with E-state index in [0.717, 1.165) is 6.07 Å². The molecule has 2 N–H and O–H groups in total. The van der Waals surface area contributed by atoms with Gasteiger partial charge in [-0.3, -0.25) is 4.79 Å². The van der Waals surface area contributed by atoms with E-state index < -0.39 is 5.82 Å². The summed E-state index contributed by atoms with van der Waals surface area (Å²) in [5.74, 6) is 1.36. The average molecular weight is 177 g/mol. The second kappa shape index (κ2) is 3.72. The zero-order valence-electron chi connectivity index (χ0n) is 6.88. The van der Waals surface area contributed by atoms with Crippen molar-refractivity contribution in [3.63, 3.8) is 0 Å². The molecule has 1 aromatic rings. The molecule has 0 aliphatic rings. The Morgan fingerprint density at radius 2 is 2.31 bits per heavy atom. The molecule has 0 atom stereocenters. The first kappa shape index (κ1) is 9.27. The lowest BCUT2D eigenvalue weighted by molar-refractivity contribution is 0.0998. The number of hydrogen-bond donors (Lipinski definition) is 1. The molecule has 0 fully saturated rings. The van der Waals surface area contributed by atoms with Crippen LogP contribution in [0.2, 0.25) is 0 Å². The van der Waals surface area contributed by atoms with E-state index in [4.69, 9.17) is 12.2 Å². The number of benzene rings is 1. The van der Waals surface area contributed by atoms with Gasteiger partial charge in [0.05, 0.1) is 6.42 Å². The molecule has 0 unspecified atom stereocenters. The summed E-state index contributed by atoms with van der Waals surface area (Å²) in [5.41, 5.74) is 5.87. The Balaban J connectivity index is 3.07. The number of nitrogen functional groups attached to an aromatic ring is 1. The summed E-state index contributed by atoms with van der Waals surface area (Å²) in [5, 5.41) is 0. The van der Waals surface area contributed by atoms with Crippen LogP contribution in [-0.2, 0) is 0 Å². The molecule has 0 bridgehead atoms. The molecule has 1 aromatic carbocycles. The third-order valence-corrected chi connectivity index (χ3v) is 1.58. The molecule has 3 heteroatoms. The number of terminal acetylenes is 1. The van der Waals surface area contributed by atoms with E-state index in [-0.39, 0.29) is 23.5 Å². The smallest absolute Gasteiger partial charge is 0.176 e. The van der Waals surface area contributed by atoms with E-state index >= 15 is 0 Å². The topological polar surface area (TPSA) is 43.1 Å². The lowest BCUT2D eigenvalue weighted by Crippen LogP contribution is -2.03. The molecule has 66 valence electrons. The fraction of sp³-hybridized carbons (Fsp3) is 0.100. The Morgan fingerprint density at radius 1 is 1.62 bits per heavy atom. The van der Waals surface area contributed by atoms with Crippen LogP contribution in [0.4, 0.5) is 10.1 Å². The van der Waals surface area contributed by atoms with Gasteiger partial charge in [0, 0.05) is 11.3 Å². The van der Waals surface area contributed by atoms with Crippen molar-refractivity contribution < 1.29 is 9.18 Å². The maximum Gasteiger partial charge on any atom is 0.176 e. The van der Waals surface area contributed by atoms with E-state index in [1.807, 2.05) is 0 Å². The summed E-state index contributed by atoms with van der Waals surface area (Å²) in [6.07, 6.45) is 4.89. The Hall–Kier alpha value is -1.82. The predicted octanol–water partition coefficient (Wildman–Crippen LogP) is 1.61. The van der Waals surface area contributed by atoms with E-state index in [2.05, 4.69) is 5.92 Å². The van der Waals surface area contributed by atoms with E-state index in [1.165, 1.54) is 12.1 Å². The van der Waals surface area contributed by atoms with Gasteiger partial charge in [-0.1, -0.05) is 5.92 Å². The number of halogens is 1. The van der Waals surface area contributed by atoms with Gasteiger partial charge in [-0.25, -0.2) is 4.39 Å². The van der Waals surface area contributed by atoms with Crippen molar-refractivity contribution in [2.75, 3.05) is 5.73 Å². The van der Waals surface area contributed by atoms with E-state index in [0.29, 0.717) is 0 Å². The number of ketones is 1. The van der Waals surface area contributed by atoms with Gasteiger partial charge in [-0.2, -0.15) is 0 Å². The number of rotatable bonds is 2. The van der Waals surface area contributed by atoms with Gasteiger partial charge < -0.3 is 5.73 Å². The summed E-state index contributed by atoms with van der Waals surface area (Å²) in [6, 6.07) is 3.63. The number of nitrogens with two attached hydrogens (primary N) is 1. The predicted molar refractivity (Wildman–Crippen MR) is 48.6 cm³/mol. The molecule has 0 aliphatic heterocycles. The monoisotopic (exact) mass is 177 g/mol. The van der Waals surface area contributed by atoms with E-state index in [1.54, 1.807) is 0 Å². The first-order chi connectivity index (χ1) is 6.15. The highest BCUT2D eigenvalue weighted by Crippen LogP contribution is 2.14. The Kier molecular flexibility index (Phi) is 2.65. The van der Waals surface area contributed by atoms with Crippen molar-refractivity contribution in [3.8, 4) is 12.3 Å². The molecule has 0 saturated heterocycles. The van der Waals surface area contributed by atoms with Crippen molar-refractivity contribution in [1.82, 2.24) is 0 Å². The van der Waals surface area contributed by atoms with Crippen molar-refractivity contribution >= 4 is 11.5 Å². The first-order valence-corrected chi connectivity index (χ1v) is 3.67. The summed E-state index contributed by atoms with van der Waals surface area (Å²) < 4.78 is 12.7. The lowest BCUT2D eigenvalue weighted by atomic mass is 10.1. The highest BCUT2D eigenvalue weighted by Gasteiger charge is 2.08. The number of hydrogen-bond acceptors (Lipinski definition) is 2. The van der Waals surface area contributed by atoms with Gasteiger partial charge in [0.15, 0.2) is 5.78 Å². The highest BCUT2D eigenvalue weighted by atomic mass is 19.1. The zero-order valence-corrected chi connectivity index (χ0v) is 6.88. The van der Waals surface area contributed by atoms with Crippen LogP contribution in [-0.4, -0.2) is 5.78 Å². The lowest BCUT2D eigenvalue weighted by Gasteiger charge is -2.01. The molecule has 0 radical (unpaired) electrons. The molecule has 13 heavy (non-hydrogen) atoms. The molecule has 0 saturated carbocycles. The van der Waals surface area contributed by atoms with Gasteiger partial charge in [0.1, 0.15) is 5.82 Å². The van der Waals surface area contributed by atoms with Crippen molar-refractivity contribution in [2.45, 2.75) is 6.42 Å². The van der Waals surface area contributed by atoms with Crippen molar-refractivity contribution in [2.24, 2.45) is 0 Å². The highest BCUT2D eigenvalue weighted by molar-refractivity contribution is 6.01. The minimum Gasteiger partial charge on any atom is -0.398 e. The van der Waals surface area contributed by atoms with Crippen LogP contribution in [0.3, 0.4) is 0 Å². The molecule has 0 aliphatic carbocycles. The Labute approximate surface area is 75.6 Å². The molecule has 2 nitrogen and oxygen atoms in total. The number of anilines is 1. The van der Waals surface area contributed by atoms with E-state index in [9.17, 15) is 9.18 Å². The fourth-order valence-corrected chi connectivity index (χ4v) is 0.958. The first-order valence-electron chi connectivity index (χ1n) is 3.67. The third kappa shape index (κ3) is 2.06. The van der Waals surface area contributed by atoms with Crippen LogP contribution in [0.1, 0.15) is 16.8 Å². The quantitative estimate of drug-likeness (QED) is 0.423. The number of carbonyl (C=O) groups is 1. The fourth-order valence-electron chi connectivity index (χ4n) is 0.958. The molecule has 1 rings (SSSR count). The summed E-state index contributed by atoms with van der Waals surface area (Å²) in [7, 11) is 0. The van der Waals surface area contributed by atoms with Gasteiger partial charge in [0.2, 0.25) is 0 Å². The number of carbonyl (C=O) groups excluding carboxylic acids is 1. The SMILES string of the molecule is C#CCC(=O)c1cc(F)ccc1N. The second-order valence-corrected chi connectivity index (χ2v) is 2.54. The second-order valence-electron chi connectivity index (χ2n) is 2.54. The van der Waals surface area contributed by atoms with Crippen LogP contribution in [0.15, 0.2) is 18.2 Å². The van der Waals surface area contributed by atoms with Gasteiger partial charge in [-0.05, 0) is 18.2 Å².